The molecule has 0 saturated carbocycles. The first-order chi connectivity index (χ1) is 13.5. The van der Waals surface area contributed by atoms with E-state index < -0.39 is 6.10 Å². The molecule has 0 saturated heterocycles. The zero-order chi connectivity index (χ0) is 20.5. The Bertz CT molecular complexity index is 728. The summed E-state index contributed by atoms with van der Waals surface area (Å²) in [6.45, 7) is 10.3. The molecule has 0 bridgehead atoms. The number of nitrogens with one attached hydrogen (secondary N) is 1. The van der Waals surface area contributed by atoms with Crippen molar-refractivity contribution >= 4 is 0 Å². The standard InChI is InChI=1S/C21H34N4O3/c1-6-25(7-2)14-19(26)15-28-21-10-17(8-9-20(21)27-5)11-22-12-18-13-24(4)23-16(18)3/h8-10,13,19,22,26H,6-7,11-12,14-15H2,1-5H3/t19-/m1/s1. The summed E-state index contributed by atoms with van der Waals surface area (Å²) in [5, 5.41) is 18.0. The van der Waals surface area contributed by atoms with Gasteiger partial charge in [0.1, 0.15) is 12.7 Å². The molecule has 1 aromatic heterocycles. The molecule has 7 heteroatoms. The van der Waals surface area contributed by atoms with Crippen molar-refractivity contribution in [3.8, 4) is 11.5 Å². The van der Waals surface area contributed by atoms with Crippen LogP contribution >= 0.6 is 0 Å². The van der Waals surface area contributed by atoms with Crippen molar-refractivity contribution in [2.75, 3.05) is 33.4 Å². The Balaban J connectivity index is 1.92. The number of aliphatic hydroxyl groups excluding tert-OH is 1. The third-order valence-corrected chi connectivity index (χ3v) is 4.78. The van der Waals surface area contributed by atoms with Crippen LogP contribution in [0.5, 0.6) is 11.5 Å². The summed E-state index contributed by atoms with van der Waals surface area (Å²) < 4.78 is 13.1. The third-order valence-electron chi connectivity index (χ3n) is 4.78. The highest BCUT2D eigenvalue weighted by atomic mass is 16.5. The number of likely N-dealkylation sites (N-methyl/N-ethyl adjacent to an activating group) is 1. The van der Waals surface area contributed by atoms with E-state index in [0.29, 0.717) is 24.6 Å². The maximum atomic E-state index is 10.2. The van der Waals surface area contributed by atoms with Gasteiger partial charge in [0.15, 0.2) is 11.5 Å². The largest absolute Gasteiger partial charge is 0.493 e. The fourth-order valence-electron chi connectivity index (χ4n) is 3.13. The summed E-state index contributed by atoms with van der Waals surface area (Å²) in [6, 6.07) is 5.88. The molecule has 1 heterocycles. The van der Waals surface area contributed by atoms with Crippen LogP contribution in [0.15, 0.2) is 24.4 Å². The van der Waals surface area contributed by atoms with Crippen LogP contribution in [0.1, 0.15) is 30.7 Å². The van der Waals surface area contributed by atoms with E-state index in [2.05, 4.69) is 29.2 Å². The maximum Gasteiger partial charge on any atom is 0.161 e. The quantitative estimate of drug-likeness (QED) is 0.578. The Morgan fingerprint density at radius 1 is 1.21 bits per heavy atom. The highest BCUT2D eigenvalue weighted by Crippen LogP contribution is 2.28. The molecular formula is C21H34N4O3. The average Bonchev–Trinajstić information content (AvgIpc) is 3.01. The van der Waals surface area contributed by atoms with Crippen molar-refractivity contribution < 1.29 is 14.6 Å². The molecule has 1 atom stereocenters. The second-order valence-electron chi connectivity index (χ2n) is 6.95. The fourth-order valence-corrected chi connectivity index (χ4v) is 3.13. The van der Waals surface area contributed by atoms with Crippen LogP contribution in [0.4, 0.5) is 0 Å². The van der Waals surface area contributed by atoms with Crippen molar-refractivity contribution in [1.82, 2.24) is 20.0 Å². The summed E-state index contributed by atoms with van der Waals surface area (Å²) in [7, 11) is 3.55. The minimum Gasteiger partial charge on any atom is -0.493 e. The first-order valence-electron chi connectivity index (χ1n) is 9.86. The summed E-state index contributed by atoms with van der Waals surface area (Å²) in [6.07, 6.45) is 1.49. The van der Waals surface area contributed by atoms with Crippen LogP contribution < -0.4 is 14.8 Å². The van der Waals surface area contributed by atoms with Crippen molar-refractivity contribution in [3.05, 3.63) is 41.2 Å². The number of rotatable bonds is 12. The van der Waals surface area contributed by atoms with Crippen molar-refractivity contribution in [3.63, 3.8) is 0 Å². The molecule has 0 fully saturated rings. The van der Waals surface area contributed by atoms with E-state index in [0.717, 1.165) is 30.9 Å². The fraction of sp³-hybridized carbons (Fsp3) is 0.571. The van der Waals surface area contributed by atoms with E-state index in [1.807, 2.05) is 43.0 Å². The monoisotopic (exact) mass is 390 g/mol. The first-order valence-corrected chi connectivity index (χ1v) is 9.86. The summed E-state index contributed by atoms with van der Waals surface area (Å²) in [5.41, 5.74) is 3.32. The van der Waals surface area contributed by atoms with Gasteiger partial charge in [-0.3, -0.25) is 4.68 Å². The molecule has 2 rings (SSSR count). The van der Waals surface area contributed by atoms with Gasteiger partial charge in [-0.15, -0.1) is 0 Å². The molecule has 156 valence electrons. The Morgan fingerprint density at radius 3 is 2.57 bits per heavy atom. The Morgan fingerprint density at radius 2 is 1.96 bits per heavy atom. The number of aliphatic hydroxyl groups is 1. The van der Waals surface area contributed by atoms with Crippen LogP contribution in [0, 0.1) is 6.92 Å². The molecule has 2 aromatic rings. The number of nitrogens with zero attached hydrogens (tertiary/aromatic N) is 3. The molecule has 28 heavy (non-hydrogen) atoms. The molecule has 1 aromatic carbocycles. The Labute approximate surface area is 168 Å². The van der Waals surface area contributed by atoms with Crippen LogP contribution in [0.2, 0.25) is 0 Å². The number of aromatic nitrogens is 2. The van der Waals surface area contributed by atoms with Gasteiger partial charge in [-0.05, 0) is 37.7 Å². The molecule has 0 radical (unpaired) electrons. The smallest absolute Gasteiger partial charge is 0.161 e. The molecule has 0 aliphatic heterocycles. The van der Waals surface area contributed by atoms with Crippen LogP contribution in [0.3, 0.4) is 0 Å². The van der Waals surface area contributed by atoms with Gasteiger partial charge in [0.05, 0.1) is 12.8 Å². The number of hydrogen-bond donors (Lipinski definition) is 2. The molecule has 0 spiro atoms. The first kappa shape index (κ1) is 22.2. The van der Waals surface area contributed by atoms with Crippen LogP contribution in [-0.4, -0.2) is 59.2 Å². The molecule has 0 unspecified atom stereocenters. The molecule has 0 aliphatic rings. The summed E-state index contributed by atoms with van der Waals surface area (Å²) in [5.74, 6) is 1.32. The van der Waals surface area contributed by atoms with E-state index in [1.165, 1.54) is 5.56 Å². The van der Waals surface area contributed by atoms with E-state index in [-0.39, 0.29) is 6.61 Å². The van der Waals surface area contributed by atoms with Crippen LogP contribution in [-0.2, 0) is 20.1 Å². The SMILES string of the molecule is CCN(CC)C[C@@H](O)COc1cc(CNCc2cn(C)nc2C)ccc1OC. The van der Waals surface area contributed by atoms with Gasteiger partial charge in [0, 0.05) is 38.4 Å². The lowest BCUT2D eigenvalue weighted by Gasteiger charge is -2.22. The van der Waals surface area contributed by atoms with Gasteiger partial charge in [0.2, 0.25) is 0 Å². The van der Waals surface area contributed by atoms with Gasteiger partial charge in [-0.1, -0.05) is 19.9 Å². The maximum absolute atomic E-state index is 10.2. The van der Waals surface area contributed by atoms with E-state index in [9.17, 15) is 5.11 Å². The summed E-state index contributed by atoms with van der Waals surface area (Å²) >= 11 is 0. The minimum absolute atomic E-state index is 0.235. The lowest BCUT2D eigenvalue weighted by Crippen LogP contribution is -2.35. The molecule has 0 aliphatic carbocycles. The van der Waals surface area contributed by atoms with Gasteiger partial charge in [0.25, 0.3) is 0 Å². The normalized spacial score (nSPS) is 12.4. The lowest BCUT2D eigenvalue weighted by atomic mass is 10.2. The van der Waals surface area contributed by atoms with Crippen molar-refractivity contribution in [1.29, 1.82) is 0 Å². The summed E-state index contributed by atoms with van der Waals surface area (Å²) in [4.78, 5) is 2.17. The van der Waals surface area contributed by atoms with Crippen molar-refractivity contribution in [2.24, 2.45) is 7.05 Å². The molecule has 7 nitrogen and oxygen atoms in total. The predicted molar refractivity (Wildman–Crippen MR) is 111 cm³/mol. The number of methoxy groups -OCH3 is 1. The highest BCUT2D eigenvalue weighted by Gasteiger charge is 2.12. The lowest BCUT2D eigenvalue weighted by molar-refractivity contribution is 0.0705. The topological polar surface area (TPSA) is 71.8 Å². The molecular weight excluding hydrogens is 356 g/mol. The van der Waals surface area contributed by atoms with Crippen LogP contribution in [0.25, 0.3) is 0 Å². The second-order valence-corrected chi connectivity index (χ2v) is 6.95. The number of benzene rings is 1. The number of hydrogen-bond acceptors (Lipinski definition) is 6. The number of ether oxygens (including phenoxy) is 2. The third kappa shape index (κ3) is 6.51. The van der Waals surface area contributed by atoms with Gasteiger partial charge in [-0.25, -0.2) is 0 Å². The van der Waals surface area contributed by atoms with Gasteiger partial charge < -0.3 is 24.8 Å². The van der Waals surface area contributed by atoms with E-state index in [1.54, 1.807) is 7.11 Å². The Kier molecular flexibility index (Phi) is 8.76. The zero-order valence-electron chi connectivity index (χ0n) is 17.7. The molecule has 0 amide bonds. The van der Waals surface area contributed by atoms with E-state index >= 15 is 0 Å². The second kappa shape index (κ2) is 11.0. The number of aryl methyl sites for hydroxylation is 2. The minimum atomic E-state index is -0.542. The molecule has 2 N–H and O–H groups in total. The van der Waals surface area contributed by atoms with Crippen molar-refractivity contribution in [2.45, 2.75) is 40.0 Å². The Hall–Kier alpha value is -2.09. The highest BCUT2D eigenvalue weighted by molar-refractivity contribution is 5.43. The predicted octanol–water partition coefficient (Wildman–Crippen LogP) is 2.11. The van der Waals surface area contributed by atoms with Gasteiger partial charge >= 0.3 is 0 Å². The van der Waals surface area contributed by atoms with E-state index in [4.69, 9.17) is 9.47 Å². The average molecular weight is 391 g/mol. The van der Waals surface area contributed by atoms with Gasteiger partial charge in [-0.2, -0.15) is 5.10 Å². The zero-order valence-corrected chi connectivity index (χ0v) is 17.7.